The summed E-state index contributed by atoms with van der Waals surface area (Å²) in [6, 6.07) is 2.59. The summed E-state index contributed by atoms with van der Waals surface area (Å²) >= 11 is 2.11. The molecule has 4 heteroatoms. The van der Waals surface area contributed by atoms with Gasteiger partial charge in [0.1, 0.15) is 0 Å². The second kappa shape index (κ2) is 5.44. The van der Waals surface area contributed by atoms with Crippen molar-refractivity contribution in [1.82, 2.24) is 15.1 Å². The number of rotatable bonds is 5. The number of aromatic nitrogens is 2. The number of nitrogens with zero attached hydrogens (tertiary/aromatic N) is 2. The third kappa shape index (κ3) is 2.52. The van der Waals surface area contributed by atoms with Crippen molar-refractivity contribution >= 4 is 11.8 Å². The molecule has 1 fully saturated rings. The lowest BCUT2D eigenvalue weighted by atomic mass is 9.93. The Morgan fingerprint density at radius 2 is 2.41 bits per heavy atom. The fourth-order valence-electron chi connectivity index (χ4n) is 2.72. The maximum atomic E-state index is 4.41. The van der Waals surface area contributed by atoms with Crippen LogP contribution in [0.2, 0.25) is 0 Å². The highest BCUT2D eigenvalue weighted by atomic mass is 32.2. The van der Waals surface area contributed by atoms with E-state index in [9.17, 15) is 0 Å². The molecule has 2 heterocycles. The predicted octanol–water partition coefficient (Wildman–Crippen LogP) is 2.84. The highest BCUT2D eigenvalue weighted by molar-refractivity contribution is 8.00. The molecule has 0 saturated carbocycles. The zero-order valence-electron chi connectivity index (χ0n) is 11.1. The number of hydrogen-bond acceptors (Lipinski definition) is 3. The molecule has 3 nitrogen and oxygen atoms in total. The smallest absolute Gasteiger partial charge is 0.0638 e. The fourth-order valence-corrected chi connectivity index (χ4v) is 4.13. The van der Waals surface area contributed by atoms with E-state index >= 15 is 0 Å². The Bertz CT molecular complexity index is 355. The first-order chi connectivity index (χ1) is 8.21. The third-order valence-corrected chi connectivity index (χ3v) is 5.20. The molecule has 0 amide bonds. The van der Waals surface area contributed by atoms with Crippen molar-refractivity contribution in [2.45, 2.75) is 50.9 Å². The summed E-state index contributed by atoms with van der Waals surface area (Å²) in [7, 11) is 0. The summed E-state index contributed by atoms with van der Waals surface area (Å²) in [5.41, 5.74) is 1.34. The van der Waals surface area contributed by atoms with E-state index in [0.29, 0.717) is 10.8 Å². The Kier molecular flexibility index (Phi) is 4.15. The Hall–Kier alpha value is -0.480. The SMILES string of the molecule is CCNC(c1ccnn1CC)C1(C)CCCS1. The molecule has 96 valence electrons. The molecule has 0 spiro atoms. The molecule has 0 bridgehead atoms. The van der Waals surface area contributed by atoms with Crippen LogP contribution in [-0.2, 0) is 6.54 Å². The van der Waals surface area contributed by atoms with Crippen LogP contribution in [0.3, 0.4) is 0 Å². The molecular formula is C13H23N3S. The van der Waals surface area contributed by atoms with E-state index in [1.165, 1.54) is 24.3 Å². The van der Waals surface area contributed by atoms with Crippen LogP contribution in [0.25, 0.3) is 0 Å². The minimum absolute atomic E-state index is 0.322. The number of hydrogen-bond donors (Lipinski definition) is 1. The maximum Gasteiger partial charge on any atom is 0.0638 e. The van der Waals surface area contributed by atoms with Gasteiger partial charge in [0, 0.05) is 17.5 Å². The van der Waals surface area contributed by atoms with Crippen molar-refractivity contribution in [3.05, 3.63) is 18.0 Å². The molecule has 1 N–H and O–H groups in total. The van der Waals surface area contributed by atoms with Gasteiger partial charge >= 0.3 is 0 Å². The molecule has 1 saturated heterocycles. The van der Waals surface area contributed by atoms with Crippen LogP contribution >= 0.6 is 11.8 Å². The van der Waals surface area contributed by atoms with Crippen molar-refractivity contribution in [3.8, 4) is 0 Å². The Morgan fingerprint density at radius 3 is 3.00 bits per heavy atom. The lowest BCUT2D eigenvalue weighted by molar-refractivity contribution is 0.393. The van der Waals surface area contributed by atoms with Crippen molar-refractivity contribution in [2.75, 3.05) is 12.3 Å². The second-order valence-electron chi connectivity index (χ2n) is 4.83. The zero-order valence-corrected chi connectivity index (χ0v) is 11.9. The van der Waals surface area contributed by atoms with E-state index in [1.54, 1.807) is 0 Å². The van der Waals surface area contributed by atoms with Gasteiger partial charge in [0.15, 0.2) is 0 Å². The maximum absolute atomic E-state index is 4.41. The van der Waals surface area contributed by atoms with Gasteiger partial charge in [0.25, 0.3) is 0 Å². The largest absolute Gasteiger partial charge is 0.308 e. The lowest BCUT2D eigenvalue weighted by Crippen LogP contribution is -2.39. The highest BCUT2D eigenvalue weighted by Crippen LogP contribution is 2.46. The fraction of sp³-hybridized carbons (Fsp3) is 0.769. The Morgan fingerprint density at radius 1 is 1.59 bits per heavy atom. The van der Waals surface area contributed by atoms with E-state index in [-0.39, 0.29) is 0 Å². The first kappa shape index (κ1) is 13.0. The van der Waals surface area contributed by atoms with Gasteiger partial charge in [-0.3, -0.25) is 4.68 Å². The van der Waals surface area contributed by atoms with Crippen LogP contribution in [0.1, 0.15) is 45.3 Å². The van der Waals surface area contributed by atoms with Gasteiger partial charge in [-0.05, 0) is 45.1 Å². The van der Waals surface area contributed by atoms with E-state index in [0.717, 1.165) is 13.1 Å². The number of aryl methyl sites for hydroxylation is 1. The van der Waals surface area contributed by atoms with E-state index in [1.807, 2.05) is 6.20 Å². The van der Waals surface area contributed by atoms with Crippen LogP contribution in [-0.4, -0.2) is 26.8 Å². The molecule has 2 unspecified atom stereocenters. The Labute approximate surface area is 108 Å². The highest BCUT2D eigenvalue weighted by Gasteiger charge is 2.39. The summed E-state index contributed by atoms with van der Waals surface area (Å²) in [5.74, 6) is 1.29. The van der Waals surface area contributed by atoms with Crippen molar-refractivity contribution in [1.29, 1.82) is 0 Å². The first-order valence-electron chi connectivity index (χ1n) is 6.60. The van der Waals surface area contributed by atoms with Crippen LogP contribution in [0.4, 0.5) is 0 Å². The Balaban J connectivity index is 2.28. The van der Waals surface area contributed by atoms with E-state index in [4.69, 9.17) is 0 Å². The van der Waals surface area contributed by atoms with Gasteiger partial charge in [0.2, 0.25) is 0 Å². The molecule has 1 aliphatic rings. The van der Waals surface area contributed by atoms with E-state index in [2.05, 4.69) is 53.7 Å². The summed E-state index contributed by atoms with van der Waals surface area (Å²) in [4.78, 5) is 0. The van der Waals surface area contributed by atoms with Crippen LogP contribution < -0.4 is 5.32 Å². The van der Waals surface area contributed by atoms with E-state index < -0.39 is 0 Å². The molecule has 0 aromatic carbocycles. The molecule has 1 aliphatic heterocycles. The van der Waals surface area contributed by atoms with Gasteiger partial charge in [-0.1, -0.05) is 6.92 Å². The molecule has 0 radical (unpaired) electrons. The van der Waals surface area contributed by atoms with Crippen LogP contribution in [0.15, 0.2) is 12.3 Å². The van der Waals surface area contributed by atoms with Gasteiger partial charge < -0.3 is 5.32 Å². The lowest BCUT2D eigenvalue weighted by Gasteiger charge is -2.34. The molecule has 1 aromatic heterocycles. The van der Waals surface area contributed by atoms with Crippen LogP contribution in [0.5, 0.6) is 0 Å². The van der Waals surface area contributed by atoms with Crippen LogP contribution in [0, 0.1) is 0 Å². The van der Waals surface area contributed by atoms with Crippen molar-refractivity contribution in [3.63, 3.8) is 0 Å². The molecule has 17 heavy (non-hydrogen) atoms. The summed E-state index contributed by atoms with van der Waals surface area (Å²) < 4.78 is 2.44. The summed E-state index contributed by atoms with van der Waals surface area (Å²) in [6.45, 7) is 8.69. The first-order valence-corrected chi connectivity index (χ1v) is 7.59. The molecular weight excluding hydrogens is 230 g/mol. The second-order valence-corrected chi connectivity index (χ2v) is 6.46. The summed E-state index contributed by atoms with van der Waals surface area (Å²) in [6.07, 6.45) is 4.56. The predicted molar refractivity (Wildman–Crippen MR) is 74.4 cm³/mol. The average molecular weight is 253 g/mol. The van der Waals surface area contributed by atoms with Gasteiger partial charge in [-0.15, -0.1) is 0 Å². The molecule has 2 atom stereocenters. The van der Waals surface area contributed by atoms with Gasteiger partial charge in [0.05, 0.1) is 11.7 Å². The monoisotopic (exact) mass is 253 g/mol. The normalized spacial score (nSPS) is 26.3. The topological polar surface area (TPSA) is 29.9 Å². The number of nitrogens with one attached hydrogen (secondary N) is 1. The minimum atomic E-state index is 0.322. The zero-order chi connectivity index (χ0) is 12.3. The van der Waals surface area contributed by atoms with Gasteiger partial charge in [-0.25, -0.2) is 0 Å². The molecule has 0 aliphatic carbocycles. The minimum Gasteiger partial charge on any atom is -0.308 e. The van der Waals surface area contributed by atoms with Crippen molar-refractivity contribution < 1.29 is 0 Å². The third-order valence-electron chi connectivity index (χ3n) is 3.61. The van der Waals surface area contributed by atoms with Gasteiger partial charge in [-0.2, -0.15) is 16.9 Å². The van der Waals surface area contributed by atoms with Crippen molar-refractivity contribution in [2.24, 2.45) is 0 Å². The average Bonchev–Trinajstić information content (AvgIpc) is 2.95. The molecule has 1 aromatic rings. The number of thioether (sulfide) groups is 1. The standard InChI is InChI=1S/C13H23N3S/c1-4-14-12(13(3)8-6-10-17-13)11-7-9-15-16(11)5-2/h7,9,12,14H,4-6,8,10H2,1-3H3. The summed E-state index contributed by atoms with van der Waals surface area (Å²) in [5, 5.41) is 8.07. The molecule has 2 rings (SSSR count). The quantitative estimate of drug-likeness (QED) is 0.875.